The van der Waals surface area contributed by atoms with Crippen molar-refractivity contribution >= 4 is 5.91 Å². The quantitative estimate of drug-likeness (QED) is 0.857. The molecular weight excluding hydrogens is 235 g/mol. The first-order chi connectivity index (χ1) is 8.70. The second-order valence-electron chi connectivity index (χ2n) is 4.33. The lowest BCUT2D eigenvalue weighted by molar-refractivity contribution is -0.121. The fourth-order valence-electron chi connectivity index (χ4n) is 2.10. The molecule has 0 aliphatic carbocycles. The van der Waals surface area contributed by atoms with E-state index in [1.807, 2.05) is 0 Å². The van der Waals surface area contributed by atoms with E-state index in [0.717, 1.165) is 12.8 Å². The lowest BCUT2D eigenvalue weighted by atomic mass is 10.0. The number of halogens is 1. The van der Waals surface area contributed by atoms with Crippen molar-refractivity contribution in [3.8, 4) is 5.75 Å². The Morgan fingerprint density at radius 3 is 3.17 bits per heavy atom. The third kappa shape index (κ3) is 2.98. The molecule has 0 spiro atoms. The van der Waals surface area contributed by atoms with Gasteiger partial charge in [-0.3, -0.25) is 4.79 Å². The summed E-state index contributed by atoms with van der Waals surface area (Å²) in [6.45, 7) is 0.896. The molecule has 0 radical (unpaired) electrons. The highest BCUT2D eigenvalue weighted by Gasteiger charge is 2.21. The molecule has 1 atom stereocenters. The van der Waals surface area contributed by atoms with E-state index in [2.05, 4.69) is 5.32 Å². The Morgan fingerprint density at radius 1 is 1.56 bits per heavy atom. The van der Waals surface area contributed by atoms with E-state index in [1.54, 1.807) is 6.07 Å². The van der Waals surface area contributed by atoms with E-state index >= 15 is 0 Å². The van der Waals surface area contributed by atoms with Crippen LogP contribution in [0.15, 0.2) is 18.2 Å². The molecule has 0 fully saturated rings. The average Bonchev–Trinajstić information content (AvgIpc) is 2.52. The van der Waals surface area contributed by atoms with Crippen LogP contribution in [0.3, 0.4) is 0 Å². The van der Waals surface area contributed by atoms with Crippen molar-refractivity contribution in [2.75, 3.05) is 13.2 Å². The molecule has 4 nitrogen and oxygen atoms in total. The number of ether oxygens (including phenoxy) is 1. The summed E-state index contributed by atoms with van der Waals surface area (Å²) in [5.74, 6) is 0.212. The predicted octanol–water partition coefficient (Wildman–Crippen LogP) is 1.50. The first kappa shape index (κ1) is 12.8. The van der Waals surface area contributed by atoms with Gasteiger partial charge in [0, 0.05) is 18.5 Å². The van der Waals surface area contributed by atoms with Crippen LogP contribution in [0.25, 0.3) is 0 Å². The summed E-state index contributed by atoms with van der Waals surface area (Å²) in [5.41, 5.74) is 6.04. The Labute approximate surface area is 105 Å². The molecule has 1 aliphatic heterocycles. The molecule has 18 heavy (non-hydrogen) atoms. The lowest BCUT2D eigenvalue weighted by Crippen LogP contribution is -2.29. The maximum absolute atomic E-state index is 13.3. The monoisotopic (exact) mass is 252 g/mol. The number of nitrogens with one attached hydrogen (secondary N) is 1. The van der Waals surface area contributed by atoms with Gasteiger partial charge in [-0.05, 0) is 31.0 Å². The molecule has 0 saturated heterocycles. The zero-order valence-corrected chi connectivity index (χ0v) is 10.1. The van der Waals surface area contributed by atoms with Gasteiger partial charge in [-0.1, -0.05) is 0 Å². The number of fused-ring (bicyclic) bond motifs is 1. The number of hydrogen-bond donors (Lipinski definition) is 2. The number of carbonyl (C=O) groups excluding carboxylic acids is 1. The summed E-state index contributed by atoms with van der Waals surface area (Å²) in [5, 5.41) is 2.88. The normalized spacial score (nSPS) is 18.4. The van der Waals surface area contributed by atoms with Crippen molar-refractivity contribution < 1.29 is 13.9 Å². The van der Waals surface area contributed by atoms with Crippen LogP contribution >= 0.6 is 0 Å². The second kappa shape index (κ2) is 5.82. The van der Waals surface area contributed by atoms with Crippen LogP contribution in [0, 0.1) is 5.82 Å². The van der Waals surface area contributed by atoms with Crippen molar-refractivity contribution in [1.29, 1.82) is 0 Å². The standard InChI is InChI=1S/C13H17FN2O2/c14-9-3-4-12-10(8-9)11(2-1-7-18-12)16-13(17)5-6-15/h3-4,8,11H,1-2,5-7,15H2,(H,16,17). The Hall–Kier alpha value is -1.62. The highest BCUT2D eigenvalue weighted by atomic mass is 19.1. The van der Waals surface area contributed by atoms with E-state index in [4.69, 9.17) is 10.5 Å². The third-order valence-corrected chi connectivity index (χ3v) is 2.95. The first-order valence-electron chi connectivity index (χ1n) is 6.12. The topological polar surface area (TPSA) is 64.4 Å². The molecule has 1 heterocycles. The minimum absolute atomic E-state index is 0.111. The van der Waals surface area contributed by atoms with Crippen LogP contribution < -0.4 is 15.8 Å². The molecule has 1 unspecified atom stereocenters. The van der Waals surface area contributed by atoms with Crippen LogP contribution in [-0.2, 0) is 4.79 Å². The molecule has 1 aliphatic rings. The van der Waals surface area contributed by atoms with Crippen molar-refractivity contribution in [1.82, 2.24) is 5.32 Å². The van der Waals surface area contributed by atoms with Gasteiger partial charge in [0.15, 0.2) is 0 Å². The van der Waals surface area contributed by atoms with E-state index in [9.17, 15) is 9.18 Å². The summed E-state index contributed by atoms with van der Waals surface area (Å²) in [7, 11) is 0. The molecule has 0 aromatic heterocycles. The fraction of sp³-hybridized carbons (Fsp3) is 0.462. The van der Waals surface area contributed by atoms with Gasteiger partial charge in [-0.25, -0.2) is 4.39 Å². The lowest BCUT2D eigenvalue weighted by Gasteiger charge is -2.18. The first-order valence-corrected chi connectivity index (χ1v) is 6.12. The Kier molecular flexibility index (Phi) is 4.15. The number of hydrogen-bond acceptors (Lipinski definition) is 3. The zero-order valence-electron chi connectivity index (χ0n) is 10.1. The molecule has 5 heteroatoms. The Morgan fingerprint density at radius 2 is 2.39 bits per heavy atom. The molecule has 0 saturated carbocycles. The predicted molar refractivity (Wildman–Crippen MR) is 65.7 cm³/mol. The molecule has 3 N–H and O–H groups in total. The summed E-state index contributed by atoms with van der Waals surface area (Å²) < 4.78 is 18.8. The molecular formula is C13H17FN2O2. The number of nitrogens with two attached hydrogens (primary N) is 1. The van der Waals surface area contributed by atoms with Crippen molar-refractivity contribution in [3.05, 3.63) is 29.6 Å². The van der Waals surface area contributed by atoms with Gasteiger partial charge in [-0.15, -0.1) is 0 Å². The Balaban J connectivity index is 2.20. The maximum atomic E-state index is 13.3. The van der Waals surface area contributed by atoms with Crippen LogP contribution in [0.1, 0.15) is 30.9 Å². The van der Waals surface area contributed by atoms with Gasteiger partial charge in [0.2, 0.25) is 5.91 Å². The number of rotatable bonds is 3. The minimum Gasteiger partial charge on any atom is -0.493 e. The van der Waals surface area contributed by atoms with Gasteiger partial charge in [-0.2, -0.15) is 0 Å². The molecule has 0 bridgehead atoms. The number of benzene rings is 1. The van der Waals surface area contributed by atoms with E-state index in [0.29, 0.717) is 24.5 Å². The third-order valence-electron chi connectivity index (χ3n) is 2.95. The summed E-state index contributed by atoms with van der Waals surface area (Å²) >= 11 is 0. The minimum atomic E-state index is -0.322. The van der Waals surface area contributed by atoms with Crippen molar-refractivity contribution in [2.45, 2.75) is 25.3 Å². The SMILES string of the molecule is NCCC(=O)NC1CCCOc2ccc(F)cc21. The summed E-state index contributed by atoms with van der Waals surface area (Å²) in [4.78, 5) is 11.6. The van der Waals surface area contributed by atoms with Crippen molar-refractivity contribution in [3.63, 3.8) is 0 Å². The van der Waals surface area contributed by atoms with Gasteiger partial charge < -0.3 is 15.8 Å². The Bertz CT molecular complexity index is 437. The molecule has 98 valence electrons. The van der Waals surface area contributed by atoms with Crippen LogP contribution in [0.5, 0.6) is 5.75 Å². The number of amides is 1. The van der Waals surface area contributed by atoms with E-state index in [-0.39, 0.29) is 24.2 Å². The summed E-state index contributed by atoms with van der Waals surface area (Å²) in [6, 6.07) is 4.20. The van der Waals surface area contributed by atoms with Crippen molar-refractivity contribution in [2.24, 2.45) is 5.73 Å². The number of carbonyl (C=O) groups is 1. The van der Waals surface area contributed by atoms with Crippen LogP contribution in [-0.4, -0.2) is 19.1 Å². The molecule has 2 rings (SSSR count). The zero-order chi connectivity index (χ0) is 13.0. The maximum Gasteiger partial charge on any atom is 0.221 e. The molecule has 1 aromatic carbocycles. The molecule has 1 aromatic rings. The average molecular weight is 252 g/mol. The highest BCUT2D eigenvalue weighted by Crippen LogP contribution is 2.31. The van der Waals surface area contributed by atoms with Crippen LogP contribution in [0.2, 0.25) is 0 Å². The van der Waals surface area contributed by atoms with Gasteiger partial charge in [0.25, 0.3) is 0 Å². The fourth-order valence-corrected chi connectivity index (χ4v) is 2.10. The second-order valence-corrected chi connectivity index (χ2v) is 4.33. The van der Waals surface area contributed by atoms with E-state index < -0.39 is 0 Å². The largest absolute Gasteiger partial charge is 0.493 e. The van der Waals surface area contributed by atoms with Crippen LogP contribution in [0.4, 0.5) is 4.39 Å². The highest BCUT2D eigenvalue weighted by molar-refractivity contribution is 5.76. The van der Waals surface area contributed by atoms with Gasteiger partial charge in [0.05, 0.1) is 12.6 Å². The summed E-state index contributed by atoms with van der Waals surface area (Å²) in [6.07, 6.45) is 1.85. The smallest absolute Gasteiger partial charge is 0.221 e. The van der Waals surface area contributed by atoms with E-state index in [1.165, 1.54) is 12.1 Å². The molecule has 1 amide bonds. The van der Waals surface area contributed by atoms with Gasteiger partial charge in [0.1, 0.15) is 11.6 Å². The van der Waals surface area contributed by atoms with Gasteiger partial charge >= 0.3 is 0 Å².